The van der Waals surface area contributed by atoms with Gasteiger partial charge in [0.05, 0.1) is 6.04 Å². The van der Waals surface area contributed by atoms with Crippen LogP contribution < -0.4 is 0 Å². The van der Waals surface area contributed by atoms with Gasteiger partial charge in [0, 0.05) is 5.75 Å². The third-order valence-corrected chi connectivity index (χ3v) is 6.30. The molecule has 0 spiro atoms. The van der Waals surface area contributed by atoms with Gasteiger partial charge in [0.15, 0.2) is 0 Å². The van der Waals surface area contributed by atoms with E-state index in [0.29, 0.717) is 0 Å². The third kappa shape index (κ3) is 1.91. The minimum absolute atomic E-state index is 0.189. The van der Waals surface area contributed by atoms with Gasteiger partial charge in [-0.2, -0.15) is 0 Å². The van der Waals surface area contributed by atoms with Crippen molar-refractivity contribution in [2.75, 3.05) is 12.8 Å². The molecule has 62 valence electrons. The molecule has 1 rings (SSSR count). The summed E-state index contributed by atoms with van der Waals surface area (Å²) in [6.45, 7) is 0. The van der Waals surface area contributed by atoms with Gasteiger partial charge < -0.3 is 0 Å². The molecule has 1 fully saturated rings. The Labute approximate surface area is 78.1 Å². The molecule has 0 N–H and O–H groups in total. The first-order chi connectivity index (χ1) is 5.08. The van der Waals surface area contributed by atoms with Gasteiger partial charge in [0.25, 0.3) is 0 Å². The summed E-state index contributed by atoms with van der Waals surface area (Å²) in [5.41, 5.74) is 0. The molecule has 0 aromatic rings. The van der Waals surface area contributed by atoms with Crippen LogP contribution in [0.2, 0.25) is 0 Å². The van der Waals surface area contributed by atoms with Crippen molar-refractivity contribution in [3.63, 3.8) is 0 Å². The zero-order chi connectivity index (χ0) is 8.48. The van der Waals surface area contributed by atoms with Crippen LogP contribution in [0.25, 0.3) is 0 Å². The van der Waals surface area contributed by atoms with E-state index in [-0.39, 0.29) is 6.04 Å². The average molecular weight is 205 g/mol. The number of hydrogen-bond donors (Lipinski definition) is 0. The van der Waals surface area contributed by atoms with Crippen LogP contribution >= 0.6 is 0 Å². The predicted octanol–water partition coefficient (Wildman–Crippen LogP) is 0.707. The van der Waals surface area contributed by atoms with Gasteiger partial charge in [-0.1, -0.05) is 5.92 Å². The van der Waals surface area contributed by atoms with Crippen LogP contribution in [0.15, 0.2) is 0 Å². The van der Waals surface area contributed by atoms with E-state index in [0.717, 1.165) is 18.6 Å². The van der Waals surface area contributed by atoms with Crippen LogP contribution in [0.4, 0.5) is 0 Å². The lowest BCUT2D eigenvalue weighted by atomic mass is 10.2. The average Bonchev–Trinajstić information content (AvgIpc) is 1.95. The quantitative estimate of drug-likeness (QED) is 0.536. The van der Waals surface area contributed by atoms with Crippen molar-refractivity contribution in [2.45, 2.75) is 18.9 Å². The highest BCUT2D eigenvalue weighted by molar-refractivity contribution is 8.55. The lowest BCUT2D eigenvalue weighted by Gasteiger charge is -2.32. The molecule has 4 heteroatoms. The van der Waals surface area contributed by atoms with E-state index in [1.807, 2.05) is 11.4 Å². The Bertz CT molecular complexity index is 273. The van der Waals surface area contributed by atoms with Crippen molar-refractivity contribution < 1.29 is 0 Å². The van der Waals surface area contributed by atoms with Crippen molar-refractivity contribution in [1.29, 1.82) is 0 Å². The number of nitrogens with zero attached hydrogens (tertiary/aromatic N) is 1. The minimum Gasteiger partial charge on any atom is -0.233 e. The highest BCUT2D eigenvalue weighted by atomic mass is 33.1. The second kappa shape index (κ2) is 3.36. The highest BCUT2D eigenvalue weighted by Crippen LogP contribution is 2.18. The Morgan fingerprint density at radius 2 is 2.27 bits per heavy atom. The molecule has 1 atom stereocenters. The highest BCUT2D eigenvalue weighted by Gasteiger charge is 2.23. The number of hydrogen-bond acceptors (Lipinski definition) is 2. The fourth-order valence-electron chi connectivity index (χ4n) is 1.17. The number of rotatable bonds is 0. The molecule has 0 bridgehead atoms. The van der Waals surface area contributed by atoms with E-state index in [1.54, 1.807) is 0 Å². The monoisotopic (exact) mass is 205 g/mol. The van der Waals surface area contributed by atoms with Crippen molar-refractivity contribution in [3.8, 4) is 12.3 Å². The van der Waals surface area contributed by atoms with E-state index < -0.39 is 7.33 Å². The van der Waals surface area contributed by atoms with Crippen LogP contribution in [-0.4, -0.2) is 23.1 Å². The fourth-order valence-corrected chi connectivity index (χ4v) is 3.87. The van der Waals surface area contributed by atoms with E-state index in [4.69, 9.17) is 28.8 Å². The minimum atomic E-state index is -1.37. The molecule has 11 heavy (non-hydrogen) atoms. The van der Waals surface area contributed by atoms with Crippen LogP contribution in [0, 0.1) is 12.3 Å². The maximum atomic E-state index is 5.34. The first-order valence-electron chi connectivity index (χ1n) is 3.50. The van der Waals surface area contributed by atoms with Gasteiger partial charge in [-0.3, -0.25) is 0 Å². The summed E-state index contributed by atoms with van der Waals surface area (Å²) in [6, 6.07) is 0.189. The SMILES string of the molecule is C#CC1CCCS(=S)(=S)N1C. The van der Waals surface area contributed by atoms with Crippen molar-refractivity contribution in [3.05, 3.63) is 0 Å². The number of terminal acetylenes is 1. The summed E-state index contributed by atoms with van der Waals surface area (Å²) in [4.78, 5) is 0. The lowest BCUT2D eigenvalue weighted by molar-refractivity contribution is 0.436. The van der Waals surface area contributed by atoms with Crippen LogP contribution in [-0.2, 0) is 29.7 Å². The summed E-state index contributed by atoms with van der Waals surface area (Å²) in [5.74, 6) is 3.70. The molecule has 0 aromatic heterocycles. The summed E-state index contributed by atoms with van der Waals surface area (Å²) in [5, 5.41) is 0. The molecule has 0 aliphatic carbocycles. The van der Waals surface area contributed by atoms with E-state index in [1.165, 1.54) is 0 Å². The summed E-state index contributed by atoms with van der Waals surface area (Å²) >= 11 is 10.6. The normalized spacial score (nSPS) is 31.1. The molecule has 0 radical (unpaired) electrons. The van der Waals surface area contributed by atoms with E-state index in [9.17, 15) is 0 Å². The fraction of sp³-hybridized carbons (Fsp3) is 0.714. The topological polar surface area (TPSA) is 3.24 Å². The van der Waals surface area contributed by atoms with Crippen molar-refractivity contribution in [1.82, 2.24) is 4.31 Å². The molecule has 0 saturated carbocycles. The molecule has 1 unspecified atom stereocenters. The Hall–Kier alpha value is 0.310. The smallest absolute Gasteiger partial charge is 0.0809 e. The molecule has 1 aliphatic heterocycles. The van der Waals surface area contributed by atoms with Gasteiger partial charge in [-0.25, -0.2) is 4.31 Å². The maximum absolute atomic E-state index is 5.34. The van der Waals surface area contributed by atoms with Crippen molar-refractivity contribution >= 4 is 29.7 Å². The Balaban J connectivity index is 2.87. The standard InChI is InChI=1S/C7H11NS3/c1-3-7-5-4-6-11(9,10)8(7)2/h1,7H,4-6H2,2H3. The van der Waals surface area contributed by atoms with Crippen molar-refractivity contribution in [2.24, 2.45) is 0 Å². The molecule has 1 saturated heterocycles. The molecule has 1 aliphatic rings. The Kier molecular flexibility index (Phi) is 2.87. The first-order valence-corrected chi connectivity index (χ1v) is 7.10. The second-order valence-corrected chi connectivity index (χ2v) is 8.75. The van der Waals surface area contributed by atoms with E-state index in [2.05, 4.69) is 5.92 Å². The summed E-state index contributed by atoms with van der Waals surface area (Å²) < 4.78 is 2.03. The van der Waals surface area contributed by atoms with Gasteiger partial charge in [-0.05, 0) is 49.6 Å². The largest absolute Gasteiger partial charge is 0.233 e. The third-order valence-electron chi connectivity index (χ3n) is 1.95. The lowest BCUT2D eigenvalue weighted by Crippen LogP contribution is -2.40. The Morgan fingerprint density at radius 3 is 2.73 bits per heavy atom. The molecular weight excluding hydrogens is 194 g/mol. The van der Waals surface area contributed by atoms with Gasteiger partial charge in [-0.15, -0.1) is 6.42 Å². The molecule has 1 nitrogen and oxygen atoms in total. The summed E-state index contributed by atoms with van der Waals surface area (Å²) in [6.07, 6.45) is 7.49. The Morgan fingerprint density at radius 1 is 1.64 bits per heavy atom. The maximum Gasteiger partial charge on any atom is 0.0809 e. The van der Waals surface area contributed by atoms with Gasteiger partial charge >= 0.3 is 0 Å². The first kappa shape index (κ1) is 9.40. The predicted molar refractivity (Wildman–Crippen MR) is 56.6 cm³/mol. The zero-order valence-corrected chi connectivity index (χ0v) is 8.90. The van der Waals surface area contributed by atoms with Gasteiger partial charge in [0.2, 0.25) is 0 Å². The summed E-state index contributed by atoms with van der Waals surface area (Å²) in [7, 11) is 0.592. The second-order valence-electron chi connectivity index (χ2n) is 2.66. The van der Waals surface area contributed by atoms with Gasteiger partial charge in [0.1, 0.15) is 0 Å². The van der Waals surface area contributed by atoms with Crippen LogP contribution in [0.3, 0.4) is 0 Å². The molecule has 0 aromatic carbocycles. The zero-order valence-electron chi connectivity index (χ0n) is 6.45. The molecule has 0 amide bonds. The molecule has 1 heterocycles. The van der Waals surface area contributed by atoms with Crippen LogP contribution in [0.1, 0.15) is 12.8 Å². The molecular formula is C7H11NS3. The van der Waals surface area contributed by atoms with E-state index >= 15 is 0 Å². The van der Waals surface area contributed by atoms with Crippen LogP contribution in [0.5, 0.6) is 0 Å².